The molecule has 2 aromatic carbocycles. The minimum Gasteiger partial charge on any atom is -0.310 e. The van der Waals surface area contributed by atoms with Crippen LogP contribution in [-0.4, -0.2) is 6.04 Å². The molecular weight excluding hydrogens is 256 g/mol. The molecule has 0 spiro atoms. The Morgan fingerprint density at radius 1 is 1.05 bits per heavy atom. The Balaban J connectivity index is 2.42. The Labute approximate surface area is 118 Å². The fraction of sp³-hybridized carbons (Fsp3) is 0.294. The summed E-state index contributed by atoms with van der Waals surface area (Å²) in [6.07, 6.45) is 0. The van der Waals surface area contributed by atoms with Gasteiger partial charge in [0, 0.05) is 12.6 Å². The molecule has 106 valence electrons. The molecule has 0 aliphatic rings. The molecule has 0 fully saturated rings. The second kappa shape index (κ2) is 6.14. The van der Waals surface area contributed by atoms with Crippen molar-refractivity contribution in [3.05, 3.63) is 59.2 Å². The van der Waals surface area contributed by atoms with Crippen molar-refractivity contribution in [1.82, 2.24) is 5.32 Å². The topological polar surface area (TPSA) is 12.0 Å². The molecule has 2 rings (SSSR count). The molecule has 0 saturated heterocycles. The van der Waals surface area contributed by atoms with Crippen LogP contribution in [0.2, 0.25) is 0 Å². The van der Waals surface area contributed by atoms with Gasteiger partial charge in [0.15, 0.2) is 0 Å². The van der Waals surface area contributed by atoms with Crippen LogP contribution in [0.25, 0.3) is 11.1 Å². The number of benzene rings is 2. The maximum absolute atomic E-state index is 13.5. The SMILES string of the molecule is Cc1cc(-c2cc(F)ccc2CNC(C)C)ccc1F. The number of aryl methyl sites for hydroxylation is 1. The minimum absolute atomic E-state index is 0.244. The van der Waals surface area contributed by atoms with Crippen LogP contribution in [-0.2, 0) is 6.54 Å². The third-order valence-electron chi connectivity index (χ3n) is 3.24. The average Bonchev–Trinajstić information content (AvgIpc) is 2.40. The van der Waals surface area contributed by atoms with Gasteiger partial charge in [-0.2, -0.15) is 0 Å². The molecule has 0 aliphatic heterocycles. The predicted molar refractivity (Wildman–Crippen MR) is 78.5 cm³/mol. The van der Waals surface area contributed by atoms with Crippen molar-refractivity contribution in [1.29, 1.82) is 0 Å². The molecule has 1 nitrogen and oxygen atoms in total. The first kappa shape index (κ1) is 14.7. The van der Waals surface area contributed by atoms with E-state index in [0.717, 1.165) is 16.7 Å². The highest BCUT2D eigenvalue weighted by molar-refractivity contribution is 5.68. The van der Waals surface area contributed by atoms with Crippen molar-refractivity contribution < 1.29 is 8.78 Å². The van der Waals surface area contributed by atoms with Crippen LogP contribution in [0.15, 0.2) is 36.4 Å². The first-order valence-corrected chi connectivity index (χ1v) is 6.75. The van der Waals surface area contributed by atoms with Gasteiger partial charge in [-0.3, -0.25) is 0 Å². The molecule has 0 aliphatic carbocycles. The van der Waals surface area contributed by atoms with E-state index in [-0.39, 0.29) is 11.6 Å². The van der Waals surface area contributed by atoms with Crippen molar-refractivity contribution in [3.8, 4) is 11.1 Å². The Morgan fingerprint density at radius 2 is 1.80 bits per heavy atom. The highest BCUT2D eigenvalue weighted by Gasteiger charge is 2.09. The van der Waals surface area contributed by atoms with Crippen LogP contribution in [0.4, 0.5) is 8.78 Å². The summed E-state index contributed by atoms with van der Waals surface area (Å²) in [5.74, 6) is -0.526. The van der Waals surface area contributed by atoms with Crippen LogP contribution >= 0.6 is 0 Å². The van der Waals surface area contributed by atoms with Crippen molar-refractivity contribution in [3.63, 3.8) is 0 Å². The van der Waals surface area contributed by atoms with Gasteiger partial charge in [-0.15, -0.1) is 0 Å². The zero-order chi connectivity index (χ0) is 14.7. The van der Waals surface area contributed by atoms with Crippen LogP contribution in [0.5, 0.6) is 0 Å². The molecule has 2 aromatic rings. The zero-order valence-electron chi connectivity index (χ0n) is 12.0. The number of hydrogen-bond donors (Lipinski definition) is 1. The van der Waals surface area contributed by atoms with Crippen molar-refractivity contribution >= 4 is 0 Å². The summed E-state index contributed by atoms with van der Waals surface area (Å²) in [5, 5.41) is 3.32. The molecule has 20 heavy (non-hydrogen) atoms. The Morgan fingerprint density at radius 3 is 2.45 bits per heavy atom. The van der Waals surface area contributed by atoms with E-state index in [2.05, 4.69) is 19.2 Å². The summed E-state index contributed by atoms with van der Waals surface area (Å²) in [6, 6.07) is 9.96. The van der Waals surface area contributed by atoms with E-state index in [1.54, 1.807) is 25.1 Å². The summed E-state index contributed by atoms with van der Waals surface area (Å²) < 4.78 is 26.9. The van der Waals surface area contributed by atoms with Gasteiger partial charge in [-0.05, 0) is 53.4 Å². The largest absolute Gasteiger partial charge is 0.310 e. The lowest BCUT2D eigenvalue weighted by Crippen LogP contribution is -2.22. The molecule has 0 bridgehead atoms. The standard InChI is InChI=1S/C17H19F2N/c1-11(2)20-10-14-4-6-15(18)9-16(14)13-5-7-17(19)12(3)8-13/h4-9,11,20H,10H2,1-3H3. The summed E-state index contributed by atoms with van der Waals surface area (Å²) in [4.78, 5) is 0. The van der Waals surface area contributed by atoms with E-state index >= 15 is 0 Å². The molecular formula is C17H19F2N. The number of rotatable bonds is 4. The normalized spacial score (nSPS) is 11.1. The van der Waals surface area contributed by atoms with Crippen molar-refractivity contribution in [2.24, 2.45) is 0 Å². The summed E-state index contributed by atoms with van der Waals surface area (Å²) >= 11 is 0. The highest BCUT2D eigenvalue weighted by Crippen LogP contribution is 2.26. The Kier molecular flexibility index (Phi) is 4.50. The Hall–Kier alpha value is -1.74. The van der Waals surface area contributed by atoms with E-state index in [4.69, 9.17) is 0 Å². The lowest BCUT2D eigenvalue weighted by atomic mass is 9.97. The van der Waals surface area contributed by atoms with Crippen molar-refractivity contribution in [2.45, 2.75) is 33.4 Å². The fourth-order valence-electron chi connectivity index (χ4n) is 2.10. The molecule has 3 heteroatoms. The van der Waals surface area contributed by atoms with Crippen molar-refractivity contribution in [2.75, 3.05) is 0 Å². The zero-order valence-corrected chi connectivity index (χ0v) is 12.0. The van der Waals surface area contributed by atoms with Gasteiger partial charge in [-0.1, -0.05) is 26.0 Å². The smallest absolute Gasteiger partial charge is 0.126 e. The molecule has 0 radical (unpaired) electrons. The number of hydrogen-bond acceptors (Lipinski definition) is 1. The van der Waals surface area contributed by atoms with Gasteiger partial charge >= 0.3 is 0 Å². The first-order valence-electron chi connectivity index (χ1n) is 6.75. The monoisotopic (exact) mass is 275 g/mol. The average molecular weight is 275 g/mol. The van der Waals surface area contributed by atoms with E-state index in [9.17, 15) is 8.78 Å². The number of nitrogens with one attached hydrogen (secondary N) is 1. The molecule has 0 atom stereocenters. The van der Waals surface area contributed by atoms with Gasteiger partial charge in [0.1, 0.15) is 11.6 Å². The minimum atomic E-state index is -0.282. The van der Waals surface area contributed by atoms with Gasteiger partial charge in [0.25, 0.3) is 0 Å². The van der Waals surface area contributed by atoms with Gasteiger partial charge in [0.2, 0.25) is 0 Å². The van der Waals surface area contributed by atoms with Gasteiger partial charge < -0.3 is 5.32 Å². The third-order valence-corrected chi connectivity index (χ3v) is 3.24. The molecule has 0 saturated carbocycles. The van der Waals surface area contributed by atoms with Crippen LogP contribution in [0.1, 0.15) is 25.0 Å². The van der Waals surface area contributed by atoms with Crippen LogP contribution in [0.3, 0.4) is 0 Å². The Bertz CT molecular complexity index is 606. The fourth-order valence-corrected chi connectivity index (χ4v) is 2.10. The molecule has 0 heterocycles. The molecule has 1 N–H and O–H groups in total. The second-order valence-corrected chi connectivity index (χ2v) is 5.30. The number of halogens is 2. The third kappa shape index (κ3) is 3.42. The van der Waals surface area contributed by atoms with Gasteiger partial charge in [0.05, 0.1) is 0 Å². The van der Waals surface area contributed by atoms with E-state index in [1.165, 1.54) is 18.2 Å². The van der Waals surface area contributed by atoms with E-state index < -0.39 is 0 Å². The first-order chi connectivity index (χ1) is 9.47. The lowest BCUT2D eigenvalue weighted by molar-refractivity contribution is 0.587. The summed E-state index contributed by atoms with van der Waals surface area (Å²) in [7, 11) is 0. The summed E-state index contributed by atoms with van der Waals surface area (Å²) in [6.45, 7) is 6.49. The summed E-state index contributed by atoms with van der Waals surface area (Å²) in [5.41, 5.74) is 3.21. The molecule has 0 aromatic heterocycles. The lowest BCUT2D eigenvalue weighted by Gasteiger charge is -2.13. The van der Waals surface area contributed by atoms with Crippen LogP contribution < -0.4 is 5.32 Å². The quantitative estimate of drug-likeness (QED) is 0.870. The maximum atomic E-state index is 13.5. The highest BCUT2D eigenvalue weighted by atomic mass is 19.1. The van der Waals surface area contributed by atoms with Gasteiger partial charge in [-0.25, -0.2) is 8.78 Å². The molecule has 0 unspecified atom stereocenters. The maximum Gasteiger partial charge on any atom is 0.126 e. The predicted octanol–water partition coefficient (Wildman–Crippen LogP) is 4.44. The van der Waals surface area contributed by atoms with E-state index in [0.29, 0.717) is 18.2 Å². The molecule has 0 amide bonds. The second-order valence-electron chi connectivity index (χ2n) is 5.30. The van der Waals surface area contributed by atoms with E-state index in [1.807, 2.05) is 0 Å². The van der Waals surface area contributed by atoms with Crippen LogP contribution in [0, 0.1) is 18.6 Å².